The lowest BCUT2D eigenvalue weighted by atomic mass is 10.1. The zero-order valence-corrected chi connectivity index (χ0v) is 11.2. The normalized spacial score (nSPS) is 12.5. The Balaban J connectivity index is 0.000000164. The van der Waals surface area contributed by atoms with Crippen LogP contribution in [0.2, 0.25) is 0 Å². The average Bonchev–Trinajstić information content (AvgIpc) is 2.48. The van der Waals surface area contributed by atoms with Crippen LogP contribution in [0.1, 0.15) is 26.3 Å². The van der Waals surface area contributed by atoms with Gasteiger partial charge in [0, 0.05) is 18.6 Å². The van der Waals surface area contributed by atoms with E-state index in [1.807, 2.05) is 0 Å². The Morgan fingerprint density at radius 2 is 1.86 bits per heavy atom. The number of esters is 2. The molecule has 3 rings (SSSR count). The first kappa shape index (κ1) is 15.1. The highest BCUT2D eigenvalue weighted by atomic mass is 16.6. The highest BCUT2D eigenvalue weighted by molar-refractivity contribution is 6.02. The molecule has 2 aromatic heterocycles. The summed E-state index contributed by atoms with van der Waals surface area (Å²) in [4.78, 5) is 39.6. The van der Waals surface area contributed by atoms with Gasteiger partial charge in [-0.25, -0.2) is 9.59 Å². The Morgan fingerprint density at radius 3 is 2.50 bits per heavy atom. The molecule has 22 heavy (non-hydrogen) atoms. The molecule has 0 saturated carbocycles. The Kier molecular flexibility index (Phi) is 4.42. The number of hydrogen-bond acceptors (Lipinski definition) is 7. The zero-order chi connectivity index (χ0) is 16.1. The Labute approximate surface area is 124 Å². The second kappa shape index (κ2) is 6.44. The van der Waals surface area contributed by atoms with Gasteiger partial charge in [-0.1, -0.05) is 0 Å². The van der Waals surface area contributed by atoms with E-state index in [2.05, 4.69) is 14.7 Å². The topological polar surface area (TPSA) is 132 Å². The van der Waals surface area contributed by atoms with Gasteiger partial charge in [0.05, 0.1) is 29.4 Å². The van der Waals surface area contributed by atoms with Gasteiger partial charge in [-0.3, -0.25) is 14.8 Å². The summed E-state index contributed by atoms with van der Waals surface area (Å²) in [7, 11) is 0. The first-order valence-corrected chi connectivity index (χ1v) is 6.09. The van der Waals surface area contributed by atoms with Gasteiger partial charge in [-0.05, 0) is 17.7 Å². The smallest absolute Gasteiger partial charge is 0.346 e. The highest BCUT2D eigenvalue weighted by Crippen LogP contribution is 2.15. The van der Waals surface area contributed by atoms with E-state index in [-0.39, 0.29) is 17.7 Å². The van der Waals surface area contributed by atoms with E-state index < -0.39 is 17.9 Å². The third kappa shape index (κ3) is 3.42. The number of carbonyl (C=O) groups excluding carboxylic acids is 2. The summed E-state index contributed by atoms with van der Waals surface area (Å²) in [6.07, 6.45) is 5.84. The molecule has 0 radical (unpaired) electrons. The minimum atomic E-state index is -1.03. The van der Waals surface area contributed by atoms with Crippen molar-refractivity contribution < 1.29 is 24.2 Å². The first-order valence-electron chi connectivity index (χ1n) is 6.09. The molecule has 0 saturated heterocycles. The van der Waals surface area contributed by atoms with Crippen molar-refractivity contribution in [3.05, 3.63) is 53.6 Å². The van der Waals surface area contributed by atoms with Crippen LogP contribution >= 0.6 is 0 Å². The number of nitrogen functional groups attached to an aromatic ring is 1. The van der Waals surface area contributed by atoms with Crippen LogP contribution in [0.15, 0.2) is 36.9 Å². The van der Waals surface area contributed by atoms with Crippen LogP contribution in [0, 0.1) is 0 Å². The maximum absolute atomic E-state index is 11.0. The molecule has 0 bridgehead atoms. The molecule has 0 spiro atoms. The van der Waals surface area contributed by atoms with Gasteiger partial charge in [-0.15, -0.1) is 0 Å². The van der Waals surface area contributed by atoms with Gasteiger partial charge in [0.2, 0.25) is 0 Å². The Morgan fingerprint density at radius 1 is 1.18 bits per heavy atom. The summed E-state index contributed by atoms with van der Waals surface area (Å²) in [5, 5.41) is 8.46. The SMILES string of the molecule is Nc1cnccc1C(=O)O.O=C1Cc2cnccc2C(=O)O1. The van der Waals surface area contributed by atoms with Gasteiger partial charge >= 0.3 is 17.9 Å². The monoisotopic (exact) mass is 301 g/mol. The molecule has 0 aliphatic carbocycles. The second-order valence-corrected chi connectivity index (χ2v) is 4.24. The molecular formula is C14H11N3O5. The summed E-state index contributed by atoms with van der Waals surface area (Å²) in [5.41, 5.74) is 6.63. The number of aromatic nitrogens is 2. The molecule has 0 amide bonds. The number of rotatable bonds is 1. The largest absolute Gasteiger partial charge is 0.478 e. The molecule has 112 valence electrons. The zero-order valence-electron chi connectivity index (χ0n) is 11.2. The number of anilines is 1. The lowest BCUT2D eigenvalue weighted by molar-refractivity contribution is -0.137. The van der Waals surface area contributed by atoms with Gasteiger partial charge in [0.15, 0.2) is 0 Å². The molecule has 0 fully saturated rings. The first-order chi connectivity index (χ1) is 10.5. The minimum absolute atomic E-state index is 0.0926. The van der Waals surface area contributed by atoms with E-state index >= 15 is 0 Å². The molecule has 8 heteroatoms. The number of fused-ring (bicyclic) bond motifs is 1. The van der Waals surface area contributed by atoms with Gasteiger partial charge < -0.3 is 15.6 Å². The van der Waals surface area contributed by atoms with Gasteiger partial charge in [0.25, 0.3) is 0 Å². The third-order valence-corrected chi connectivity index (χ3v) is 2.75. The van der Waals surface area contributed by atoms with E-state index in [1.54, 1.807) is 6.07 Å². The van der Waals surface area contributed by atoms with Crippen molar-refractivity contribution in [3.8, 4) is 0 Å². The molecule has 3 heterocycles. The number of pyridine rings is 2. The Hall–Kier alpha value is -3.29. The summed E-state index contributed by atoms with van der Waals surface area (Å²) in [6, 6.07) is 2.90. The van der Waals surface area contributed by atoms with Crippen molar-refractivity contribution in [2.24, 2.45) is 0 Å². The third-order valence-electron chi connectivity index (χ3n) is 2.75. The summed E-state index contributed by atoms with van der Waals surface area (Å²) in [6.45, 7) is 0. The van der Waals surface area contributed by atoms with E-state index in [9.17, 15) is 14.4 Å². The van der Waals surface area contributed by atoms with Crippen LogP contribution < -0.4 is 5.73 Å². The number of cyclic esters (lactones) is 2. The quantitative estimate of drug-likeness (QED) is 0.580. The molecule has 0 aromatic carbocycles. The van der Waals surface area contributed by atoms with Crippen LogP contribution in [-0.4, -0.2) is 33.0 Å². The van der Waals surface area contributed by atoms with Crippen LogP contribution in [0.25, 0.3) is 0 Å². The maximum Gasteiger partial charge on any atom is 0.346 e. The summed E-state index contributed by atoms with van der Waals surface area (Å²) < 4.78 is 4.41. The lowest BCUT2D eigenvalue weighted by Gasteiger charge is -2.11. The fourth-order valence-electron chi connectivity index (χ4n) is 1.72. The van der Waals surface area contributed by atoms with Gasteiger partial charge in [0.1, 0.15) is 0 Å². The van der Waals surface area contributed by atoms with Crippen LogP contribution in [0.3, 0.4) is 0 Å². The number of aromatic carboxylic acids is 1. The number of nitrogens with zero attached hydrogens (tertiary/aromatic N) is 2. The predicted octanol–water partition coefficient (Wildman–Crippen LogP) is 0.683. The number of nitrogens with two attached hydrogens (primary N) is 1. The molecule has 2 aromatic rings. The van der Waals surface area contributed by atoms with Crippen molar-refractivity contribution in [2.45, 2.75) is 6.42 Å². The molecular weight excluding hydrogens is 290 g/mol. The number of hydrogen-bond donors (Lipinski definition) is 2. The van der Waals surface area contributed by atoms with E-state index in [4.69, 9.17) is 10.8 Å². The molecule has 0 unspecified atom stereocenters. The van der Waals surface area contributed by atoms with Crippen molar-refractivity contribution in [3.63, 3.8) is 0 Å². The standard InChI is InChI=1S/C8H5NO3.C6H6N2O2/c10-7-3-5-4-9-2-1-6(5)8(11)12-7;7-5-3-8-2-1-4(5)6(9)10/h1-2,4H,3H2;1-3H,7H2,(H,9,10). The fourth-order valence-corrected chi connectivity index (χ4v) is 1.72. The molecule has 1 aliphatic heterocycles. The fraction of sp³-hybridized carbons (Fsp3) is 0.0714. The molecule has 8 nitrogen and oxygen atoms in total. The molecule has 1 aliphatic rings. The van der Waals surface area contributed by atoms with Crippen molar-refractivity contribution in [1.29, 1.82) is 0 Å². The van der Waals surface area contributed by atoms with E-state index in [1.165, 1.54) is 30.9 Å². The number of carboxylic acid groups (broad SMARTS) is 1. The van der Waals surface area contributed by atoms with Gasteiger partial charge in [-0.2, -0.15) is 0 Å². The average molecular weight is 301 g/mol. The van der Waals surface area contributed by atoms with E-state index in [0.717, 1.165) is 0 Å². The minimum Gasteiger partial charge on any atom is -0.478 e. The van der Waals surface area contributed by atoms with Crippen LogP contribution in [-0.2, 0) is 16.0 Å². The van der Waals surface area contributed by atoms with Crippen LogP contribution in [0.4, 0.5) is 5.69 Å². The van der Waals surface area contributed by atoms with E-state index in [0.29, 0.717) is 11.1 Å². The molecule has 0 atom stereocenters. The Bertz CT molecular complexity index is 745. The summed E-state index contributed by atoms with van der Waals surface area (Å²) >= 11 is 0. The summed E-state index contributed by atoms with van der Waals surface area (Å²) in [5.74, 6) is -2.12. The van der Waals surface area contributed by atoms with Crippen molar-refractivity contribution >= 4 is 23.6 Å². The highest BCUT2D eigenvalue weighted by Gasteiger charge is 2.23. The molecule has 3 N–H and O–H groups in total. The maximum atomic E-state index is 11.0. The lowest BCUT2D eigenvalue weighted by Crippen LogP contribution is -2.22. The number of carbonyl (C=O) groups is 3. The van der Waals surface area contributed by atoms with Crippen molar-refractivity contribution in [2.75, 3.05) is 5.73 Å². The van der Waals surface area contributed by atoms with Crippen LogP contribution in [0.5, 0.6) is 0 Å². The number of ether oxygens (including phenoxy) is 1. The second-order valence-electron chi connectivity index (χ2n) is 4.24. The number of carboxylic acids is 1. The van der Waals surface area contributed by atoms with Crippen molar-refractivity contribution in [1.82, 2.24) is 9.97 Å². The predicted molar refractivity (Wildman–Crippen MR) is 74.0 cm³/mol.